The maximum atomic E-state index is 13.6. The smallest absolute Gasteiger partial charge is 0.261 e. The number of amides is 1. The Hall–Kier alpha value is -2.50. The molecule has 0 radical (unpaired) electrons. The highest BCUT2D eigenvalue weighted by Gasteiger charge is 2.20. The van der Waals surface area contributed by atoms with Gasteiger partial charge in [0.25, 0.3) is 5.91 Å². The molecule has 0 saturated heterocycles. The van der Waals surface area contributed by atoms with E-state index in [0.717, 1.165) is 18.2 Å². The lowest BCUT2D eigenvalue weighted by molar-refractivity contribution is 0.101. The van der Waals surface area contributed by atoms with Crippen LogP contribution in [0.2, 0.25) is 0 Å². The van der Waals surface area contributed by atoms with E-state index in [4.69, 9.17) is 5.73 Å². The Labute approximate surface area is 106 Å². The highest BCUT2D eigenvalue weighted by Crippen LogP contribution is 2.21. The van der Waals surface area contributed by atoms with Crippen molar-refractivity contribution in [2.45, 2.75) is 0 Å². The molecule has 0 heterocycles. The minimum atomic E-state index is -1.17. The summed E-state index contributed by atoms with van der Waals surface area (Å²) in [4.78, 5) is 11.7. The van der Waals surface area contributed by atoms with E-state index in [-0.39, 0.29) is 11.4 Å². The topological polar surface area (TPSA) is 55.1 Å². The van der Waals surface area contributed by atoms with Crippen LogP contribution in [-0.2, 0) is 0 Å². The standard InChI is InChI=1S/C13H9F3N2O/c14-7-3-1-2-4-10(7)18-13(19)11-8(15)5-6-9(17)12(11)16/h1-6H,17H2,(H,18,19). The molecule has 0 aromatic heterocycles. The first kappa shape index (κ1) is 12.9. The molecular weight excluding hydrogens is 257 g/mol. The molecule has 2 aromatic rings. The largest absolute Gasteiger partial charge is 0.396 e. The number of para-hydroxylation sites is 1. The molecule has 3 N–H and O–H groups in total. The molecule has 1 amide bonds. The molecule has 0 fully saturated rings. The van der Waals surface area contributed by atoms with E-state index in [1.807, 2.05) is 0 Å². The van der Waals surface area contributed by atoms with Gasteiger partial charge in [0.2, 0.25) is 0 Å². The summed E-state index contributed by atoms with van der Waals surface area (Å²) in [5.41, 5.74) is 3.88. The third kappa shape index (κ3) is 2.52. The fraction of sp³-hybridized carbons (Fsp3) is 0. The highest BCUT2D eigenvalue weighted by atomic mass is 19.1. The number of hydrogen-bond acceptors (Lipinski definition) is 2. The summed E-state index contributed by atoms with van der Waals surface area (Å²) in [6, 6.07) is 7.16. The fourth-order valence-corrected chi connectivity index (χ4v) is 1.52. The van der Waals surface area contributed by atoms with Gasteiger partial charge < -0.3 is 11.1 Å². The predicted octanol–water partition coefficient (Wildman–Crippen LogP) is 2.94. The lowest BCUT2D eigenvalue weighted by atomic mass is 10.1. The van der Waals surface area contributed by atoms with Gasteiger partial charge in [-0.1, -0.05) is 12.1 Å². The summed E-state index contributed by atoms with van der Waals surface area (Å²) in [5, 5.41) is 2.09. The van der Waals surface area contributed by atoms with Crippen LogP contribution in [-0.4, -0.2) is 5.91 Å². The molecule has 2 rings (SSSR count). The van der Waals surface area contributed by atoms with Gasteiger partial charge in [0.1, 0.15) is 17.2 Å². The van der Waals surface area contributed by atoms with Crippen LogP contribution >= 0.6 is 0 Å². The maximum Gasteiger partial charge on any atom is 0.261 e. The SMILES string of the molecule is Nc1ccc(F)c(C(=O)Nc2ccccc2F)c1F. The number of benzene rings is 2. The number of halogens is 3. The van der Waals surface area contributed by atoms with Gasteiger partial charge in [-0.15, -0.1) is 0 Å². The van der Waals surface area contributed by atoms with Gasteiger partial charge in [-0.25, -0.2) is 13.2 Å². The van der Waals surface area contributed by atoms with Crippen molar-refractivity contribution >= 4 is 17.3 Å². The van der Waals surface area contributed by atoms with Crippen LogP contribution in [0, 0.1) is 17.5 Å². The second kappa shape index (κ2) is 5.01. The maximum absolute atomic E-state index is 13.6. The molecule has 3 nitrogen and oxygen atoms in total. The number of nitrogen functional groups attached to an aromatic ring is 1. The summed E-state index contributed by atoms with van der Waals surface area (Å²) in [7, 11) is 0. The number of anilines is 2. The van der Waals surface area contributed by atoms with E-state index in [0.29, 0.717) is 0 Å². The lowest BCUT2D eigenvalue weighted by Crippen LogP contribution is -2.17. The normalized spacial score (nSPS) is 10.3. The zero-order chi connectivity index (χ0) is 14.0. The molecule has 0 aliphatic heterocycles. The van der Waals surface area contributed by atoms with Crippen LogP contribution in [0.25, 0.3) is 0 Å². The van der Waals surface area contributed by atoms with E-state index in [9.17, 15) is 18.0 Å². The van der Waals surface area contributed by atoms with E-state index in [1.54, 1.807) is 0 Å². The first-order valence-electron chi connectivity index (χ1n) is 5.30. The molecule has 2 aromatic carbocycles. The van der Waals surface area contributed by atoms with Crippen molar-refractivity contribution in [3.63, 3.8) is 0 Å². The third-order valence-corrected chi connectivity index (χ3v) is 2.47. The Morgan fingerprint density at radius 3 is 2.37 bits per heavy atom. The van der Waals surface area contributed by atoms with E-state index in [2.05, 4.69) is 5.32 Å². The number of nitrogens with one attached hydrogen (secondary N) is 1. The second-order valence-electron chi connectivity index (χ2n) is 3.76. The third-order valence-electron chi connectivity index (χ3n) is 2.47. The first-order chi connectivity index (χ1) is 9.00. The van der Waals surface area contributed by atoms with Crippen molar-refractivity contribution in [3.05, 3.63) is 59.4 Å². The van der Waals surface area contributed by atoms with Gasteiger partial charge in [0.15, 0.2) is 5.82 Å². The van der Waals surface area contributed by atoms with Crippen molar-refractivity contribution in [3.8, 4) is 0 Å². The van der Waals surface area contributed by atoms with Crippen LogP contribution < -0.4 is 11.1 Å². The number of carbonyl (C=O) groups is 1. The van der Waals surface area contributed by atoms with E-state index in [1.165, 1.54) is 18.2 Å². The van der Waals surface area contributed by atoms with Gasteiger partial charge in [-0.2, -0.15) is 0 Å². The molecule has 19 heavy (non-hydrogen) atoms. The minimum Gasteiger partial charge on any atom is -0.396 e. The summed E-state index contributed by atoms with van der Waals surface area (Å²) < 4.78 is 40.3. The molecule has 0 atom stereocenters. The van der Waals surface area contributed by atoms with Crippen molar-refractivity contribution in [2.75, 3.05) is 11.1 Å². The fourth-order valence-electron chi connectivity index (χ4n) is 1.52. The number of carbonyl (C=O) groups excluding carboxylic acids is 1. The molecule has 0 unspecified atom stereocenters. The summed E-state index contributed by atoms with van der Waals surface area (Å²) in [5.74, 6) is -4.05. The zero-order valence-electron chi connectivity index (χ0n) is 9.58. The average molecular weight is 266 g/mol. The quantitative estimate of drug-likeness (QED) is 0.821. The van der Waals surface area contributed by atoms with Gasteiger partial charge in [0.05, 0.1) is 11.4 Å². The van der Waals surface area contributed by atoms with Crippen LogP contribution in [0.15, 0.2) is 36.4 Å². The van der Waals surface area contributed by atoms with Crippen molar-refractivity contribution in [2.24, 2.45) is 0 Å². The number of nitrogens with two attached hydrogens (primary N) is 1. The van der Waals surface area contributed by atoms with Gasteiger partial charge in [0, 0.05) is 0 Å². The molecule has 6 heteroatoms. The summed E-state index contributed by atoms with van der Waals surface area (Å²) >= 11 is 0. The Kier molecular flexibility index (Phi) is 3.41. The summed E-state index contributed by atoms with van der Waals surface area (Å²) in [6.45, 7) is 0. The van der Waals surface area contributed by atoms with Crippen LogP contribution in [0.5, 0.6) is 0 Å². The molecule has 0 spiro atoms. The average Bonchev–Trinajstić information content (AvgIpc) is 2.37. The molecular formula is C13H9F3N2O. The Morgan fingerprint density at radius 2 is 1.68 bits per heavy atom. The zero-order valence-corrected chi connectivity index (χ0v) is 9.58. The van der Waals surface area contributed by atoms with Crippen molar-refractivity contribution in [1.82, 2.24) is 0 Å². The molecule has 0 aliphatic carbocycles. The van der Waals surface area contributed by atoms with Crippen LogP contribution in [0.3, 0.4) is 0 Å². The monoisotopic (exact) mass is 266 g/mol. The van der Waals surface area contributed by atoms with Crippen LogP contribution in [0.4, 0.5) is 24.5 Å². The first-order valence-corrected chi connectivity index (χ1v) is 5.30. The number of rotatable bonds is 2. The molecule has 0 saturated carbocycles. The van der Waals surface area contributed by atoms with Gasteiger partial charge >= 0.3 is 0 Å². The van der Waals surface area contributed by atoms with Crippen molar-refractivity contribution in [1.29, 1.82) is 0 Å². The minimum absolute atomic E-state index is 0.172. The summed E-state index contributed by atoms with van der Waals surface area (Å²) in [6.07, 6.45) is 0. The van der Waals surface area contributed by atoms with Gasteiger partial charge in [-0.05, 0) is 24.3 Å². The Morgan fingerprint density at radius 1 is 1.00 bits per heavy atom. The van der Waals surface area contributed by atoms with E-state index < -0.39 is 28.9 Å². The Balaban J connectivity index is 2.36. The second-order valence-corrected chi connectivity index (χ2v) is 3.76. The highest BCUT2D eigenvalue weighted by molar-refractivity contribution is 6.05. The number of hydrogen-bond donors (Lipinski definition) is 2. The van der Waals surface area contributed by atoms with E-state index >= 15 is 0 Å². The lowest BCUT2D eigenvalue weighted by Gasteiger charge is -2.09. The van der Waals surface area contributed by atoms with Crippen LogP contribution in [0.1, 0.15) is 10.4 Å². The molecule has 0 aliphatic rings. The van der Waals surface area contributed by atoms with Gasteiger partial charge in [-0.3, -0.25) is 4.79 Å². The van der Waals surface area contributed by atoms with Crippen molar-refractivity contribution < 1.29 is 18.0 Å². The molecule has 0 bridgehead atoms. The molecule has 98 valence electrons. The Bertz CT molecular complexity index is 644. The predicted molar refractivity (Wildman–Crippen MR) is 65.1 cm³/mol.